The summed E-state index contributed by atoms with van der Waals surface area (Å²) in [6.07, 6.45) is 1.82. The van der Waals surface area contributed by atoms with Crippen molar-refractivity contribution in [2.24, 2.45) is 0 Å². The normalized spacial score (nSPS) is 20.1. The SMILES string of the molecule is COC[C@@H]1C[C@@H](OC)CN1c1c2c(nc3c(-c4ccc(OC)cc4C)c(C)nn13)CCO2. The first kappa shape index (κ1) is 21.0. The Morgan fingerprint density at radius 1 is 1.19 bits per heavy atom. The van der Waals surface area contributed by atoms with Crippen molar-refractivity contribution in [1.29, 1.82) is 0 Å². The number of fused-ring (bicyclic) bond motifs is 2. The third-order valence-electron chi connectivity index (χ3n) is 6.57. The van der Waals surface area contributed by atoms with Crippen LogP contribution in [0, 0.1) is 13.8 Å². The summed E-state index contributed by atoms with van der Waals surface area (Å²) >= 11 is 0. The van der Waals surface area contributed by atoms with Crippen LogP contribution in [-0.4, -0.2) is 67.8 Å². The molecule has 2 aromatic heterocycles. The largest absolute Gasteiger partial charge is 0.497 e. The van der Waals surface area contributed by atoms with E-state index in [-0.39, 0.29) is 12.1 Å². The molecule has 1 saturated heterocycles. The van der Waals surface area contributed by atoms with E-state index in [1.807, 2.05) is 23.6 Å². The molecular formula is C24H30N4O4. The molecule has 0 spiro atoms. The minimum absolute atomic E-state index is 0.135. The lowest BCUT2D eigenvalue weighted by molar-refractivity contribution is 0.111. The number of hydrogen-bond donors (Lipinski definition) is 0. The van der Waals surface area contributed by atoms with Crippen molar-refractivity contribution in [3.63, 3.8) is 0 Å². The average Bonchev–Trinajstić information content (AvgIpc) is 3.49. The molecule has 0 radical (unpaired) electrons. The van der Waals surface area contributed by atoms with E-state index in [2.05, 4.69) is 17.9 Å². The van der Waals surface area contributed by atoms with Gasteiger partial charge in [0.15, 0.2) is 17.2 Å². The maximum Gasteiger partial charge on any atom is 0.183 e. The Morgan fingerprint density at radius 2 is 2.03 bits per heavy atom. The Kier molecular flexibility index (Phi) is 5.43. The van der Waals surface area contributed by atoms with Crippen LogP contribution in [0.4, 0.5) is 5.82 Å². The number of methoxy groups -OCH3 is 3. The molecule has 0 N–H and O–H groups in total. The van der Waals surface area contributed by atoms with Crippen LogP contribution >= 0.6 is 0 Å². The predicted molar refractivity (Wildman–Crippen MR) is 122 cm³/mol. The molecule has 1 aromatic carbocycles. The van der Waals surface area contributed by atoms with Crippen LogP contribution < -0.4 is 14.4 Å². The number of aromatic nitrogens is 3. The van der Waals surface area contributed by atoms with Gasteiger partial charge in [-0.3, -0.25) is 0 Å². The molecule has 3 aromatic rings. The predicted octanol–water partition coefficient (Wildman–Crippen LogP) is 3.20. The molecule has 1 fully saturated rings. The second kappa shape index (κ2) is 8.26. The molecule has 0 amide bonds. The van der Waals surface area contributed by atoms with Crippen LogP contribution in [0.2, 0.25) is 0 Å². The summed E-state index contributed by atoms with van der Waals surface area (Å²) in [6.45, 7) is 6.14. The molecule has 8 heteroatoms. The molecule has 170 valence electrons. The first-order valence-corrected chi connectivity index (χ1v) is 11.0. The quantitative estimate of drug-likeness (QED) is 0.585. The Labute approximate surface area is 188 Å². The van der Waals surface area contributed by atoms with E-state index in [0.29, 0.717) is 13.2 Å². The summed E-state index contributed by atoms with van der Waals surface area (Å²) in [7, 11) is 5.19. The van der Waals surface area contributed by atoms with Gasteiger partial charge in [-0.2, -0.15) is 9.61 Å². The molecule has 0 saturated carbocycles. The fourth-order valence-corrected chi connectivity index (χ4v) is 5.00. The number of nitrogens with zero attached hydrogens (tertiary/aromatic N) is 4. The molecule has 0 bridgehead atoms. The van der Waals surface area contributed by atoms with Gasteiger partial charge in [-0.15, -0.1) is 0 Å². The smallest absolute Gasteiger partial charge is 0.183 e. The fourth-order valence-electron chi connectivity index (χ4n) is 5.00. The number of aryl methyl sites for hydroxylation is 2. The highest BCUT2D eigenvalue weighted by atomic mass is 16.5. The minimum atomic E-state index is 0.135. The van der Waals surface area contributed by atoms with Crippen LogP contribution in [0.3, 0.4) is 0 Å². The molecule has 4 heterocycles. The van der Waals surface area contributed by atoms with E-state index in [4.69, 9.17) is 29.0 Å². The molecule has 2 atom stereocenters. The number of hydrogen-bond acceptors (Lipinski definition) is 7. The van der Waals surface area contributed by atoms with E-state index >= 15 is 0 Å². The van der Waals surface area contributed by atoms with Gasteiger partial charge in [-0.1, -0.05) is 6.07 Å². The molecular weight excluding hydrogens is 408 g/mol. The standard InChI is InChI=1S/C24H30N4O4/c1-14-10-17(30-4)6-7-19(14)21-15(2)26-28-23(21)25-20-8-9-32-22(20)24(28)27-12-18(31-5)11-16(27)13-29-3/h6-7,10,16,18H,8-9,11-13H2,1-5H3/t16-,18+/m0/s1. The van der Waals surface area contributed by atoms with Crippen molar-refractivity contribution in [2.45, 2.75) is 38.8 Å². The molecule has 5 rings (SSSR count). The van der Waals surface area contributed by atoms with E-state index in [9.17, 15) is 0 Å². The van der Waals surface area contributed by atoms with Gasteiger partial charge in [0.05, 0.1) is 43.9 Å². The zero-order valence-electron chi connectivity index (χ0n) is 19.3. The van der Waals surface area contributed by atoms with Crippen LogP contribution in [-0.2, 0) is 15.9 Å². The van der Waals surface area contributed by atoms with Crippen molar-refractivity contribution < 1.29 is 18.9 Å². The second-order valence-corrected chi connectivity index (χ2v) is 8.54. The van der Waals surface area contributed by atoms with Gasteiger partial charge in [-0.25, -0.2) is 4.98 Å². The van der Waals surface area contributed by atoms with E-state index in [0.717, 1.165) is 70.4 Å². The summed E-state index contributed by atoms with van der Waals surface area (Å²) in [5.41, 5.74) is 6.05. The number of ether oxygens (including phenoxy) is 4. The highest BCUT2D eigenvalue weighted by Gasteiger charge is 2.38. The summed E-state index contributed by atoms with van der Waals surface area (Å²) < 4.78 is 24.7. The summed E-state index contributed by atoms with van der Waals surface area (Å²) in [5.74, 6) is 2.62. The van der Waals surface area contributed by atoms with Crippen molar-refractivity contribution in [1.82, 2.24) is 14.6 Å². The van der Waals surface area contributed by atoms with E-state index < -0.39 is 0 Å². The van der Waals surface area contributed by atoms with E-state index in [1.54, 1.807) is 21.3 Å². The zero-order chi connectivity index (χ0) is 22.4. The highest BCUT2D eigenvalue weighted by Crippen LogP contribution is 2.42. The zero-order valence-corrected chi connectivity index (χ0v) is 19.3. The van der Waals surface area contributed by atoms with Gasteiger partial charge < -0.3 is 23.8 Å². The second-order valence-electron chi connectivity index (χ2n) is 8.54. The van der Waals surface area contributed by atoms with Crippen LogP contribution in [0.25, 0.3) is 16.8 Å². The highest BCUT2D eigenvalue weighted by molar-refractivity contribution is 5.84. The van der Waals surface area contributed by atoms with Gasteiger partial charge >= 0.3 is 0 Å². The maximum atomic E-state index is 6.09. The van der Waals surface area contributed by atoms with Gasteiger partial charge in [0.25, 0.3) is 0 Å². The Hall–Kier alpha value is -2.84. The Morgan fingerprint density at radius 3 is 2.75 bits per heavy atom. The van der Waals surface area contributed by atoms with Crippen LogP contribution in [0.5, 0.6) is 11.5 Å². The molecule has 2 aliphatic rings. The summed E-state index contributed by atoms with van der Waals surface area (Å²) in [5, 5.41) is 4.96. The first-order valence-electron chi connectivity index (χ1n) is 11.0. The molecule has 0 aliphatic carbocycles. The number of anilines is 1. The topological polar surface area (TPSA) is 70.4 Å². The van der Waals surface area contributed by atoms with Crippen molar-refractivity contribution in [3.8, 4) is 22.6 Å². The van der Waals surface area contributed by atoms with Gasteiger partial charge in [0.1, 0.15) is 5.75 Å². The van der Waals surface area contributed by atoms with E-state index in [1.165, 1.54) is 0 Å². The van der Waals surface area contributed by atoms with Crippen molar-refractivity contribution in [2.75, 3.05) is 46.0 Å². The van der Waals surface area contributed by atoms with Gasteiger partial charge in [-0.05, 0) is 43.5 Å². The molecule has 2 aliphatic heterocycles. The summed E-state index contributed by atoms with van der Waals surface area (Å²) in [4.78, 5) is 7.36. The molecule has 32 heavy (non-hydrogen) atoms. The lowest BCUT2D eigenvalue weighted by atomic mass is 10.0. The van der Waals surface area contributed by atoms with Crippen molar-refractivity contribution in [3.05, 3.63) is 35.2 Å². The molecule has 0 unspecified atom stereocenters. The lowest BCUT2D eigenvalue weighted by Gasteiger charge is -2.27. The Bertz CT molecular complexity index is 1160. The lowest BCUT2D eigenvalue weighted by Crippen LogP contribution is -2.35. The Balaban J connectivity index is 1.72. The number of benzene rings is 1. The summed E-state index contributed by atoms with van der Waals surface area (Å²) in [6, 6.07) is 6.31. The third-order valence-corrected chi connectivity index (χ3v) is 6.57. The molecule has 8 nitrogen and oxygen atoms in total. The maximum absolute atomic E-state index is 6.09. The van der Waals surface area contributed by atoms with Crippen LogP contribution in [0.15, 0.2) is 18.2 Å². The van der Waals surface area contributed by atoms with Gasteiger partial charge in [0, 0.05) is 32.7 Å². The fraction of sp³-hybridized carbons (Fsp3) is 0.500. The first-order chi connectivity index (χ1) is 15.5. The monoisotopic (exact) mass is 438 g/mol. The number of rotatable bonds is 6. The van der Waals surface area contributed by atoms with Gasteiger partial charge in [0.2, 0.25) is 0 Å². The third kappa shape index (κ3) is 3.29. The average molecular weight is 439 g/mol. The minimum Gasteiger partial charge on any atom is -0.497 e. The van der Waals surface area contributed by atoms with Crippen LogP contribution in [0.1, 0.15) is 23.4 Å². The van der Waals surface area contributed by atoms with Crippen molar-refractivity contribution >= 4 is 11.5 Å².